The van der Waals surface area contributed by atoms with Gasteiger partial charge in [-0.25, -0.2) is 4.98 Å². The highest BCUT2D eigenvalue weighted by atomic mass is 16.6. The van der Waals surface area contributed by atoms with E-state index in [2.05, 4.69) is 9.88 Å². The predicted molar refractivity (Wildman–Crippen MR) is 57.4 cm³/mol. The molecule has 0 amide bonds. The smallest absolute Gasteiger partial charge is 0.308 e. The Morgan fingerprint density at radius 3 is 2.75 bits per heavy atom. The van der Waals surface area contributed by atoms with E-state index in [0.717, 1.165) is 24.5 Å². The van der Waals surface area contributed by atoms with Gasteiger partial charge in [-0.3, -0.25) is 15.0 Å². The first-order valence-corrected chi connectivity index (χ1v) is 5.18. The number of aromatic amines is 1. The number of anilines is 1. The summed E-state index contributed by atoms with van der Waals surface area (Å²) < 4.78 is 5.26. The fourth-order valence-electron chi connectivity index (χ4n) is 1.82. The van der Waals surface area contributed by atoms with E-state index in [9.17, 15) is 10.1 Å². The molecular formula is C10H14N3O3+. The van der Waals surface area contributed by atoms with E-state index < -0.39 is 4.92 Å². The zero-order valence-electron chi connectivity index (χ0n) is 9.10. The molecule has 16 heavy (non-hydrogen) atoms. The van der Waals surface area contributed by atoms with Crippen molar-refractivity contribution < 1.29 is 14.6 Å². The largest absolute Gasteiger partial charge is 0.373 e. The van der Waals surface area contributed by atoms with Crippen LogP contribution in [0.25, 0.3) is 0 Å². The third kappa shape index (κ3) is 2.11. The molecule has 6 heteroatoms. The number of aryl methyl sites for hydroxylation is 1. The van der Waals surface area contributed by atoms with Crippen LogP contribution in [-0.2, 0) is 4.74 Å². The molecule has 1 aromatic heterocycles. The van der Waals surface area contributed by atoms with Gasteiger partial charge in [-0.2, -0.15) is 0 Å². The van der Waals surface area contributed by atoms with Crippen LogP contribution in [0.1, 0.15) is 5.56 Å². The topological polar surface area (TPSA) is 69.8 Å². The van der Waals surface area contributed by atoms with E-state index in [1.54, 1.807) is 6.07 Å². The Labute approximate surface area is 93.0 Å². The van der Waals surface area contributed by atoms with Gasteiger partial charge in [-0.1, -0.05) is 0 Å². The van der Waals surface area contributed by atoms with E-state index in [0.29, 0.717) is 13.2 Å². The standard InChI is InChI=1S/C10H13N3O3/c1-8-6-9(13(14)15)7-11-10(8)12-2-4-16-5-3-12/h6-7H,2-5H2,1H3/p+1. The number of pyridine rings is 1. The summed E-state index contributed by atoms with van der Waals surface area (Å²) in [7, 11) is 0. The van der Waals surface area contributed by atoms with Crippen LogP contribution in [0.5, 0.6) is 0 Å². The second-order valence-corrected chi connectivity index (χ2v) is 3.75. The van der Waals surface area contributed by atoms with E-state index >= 15 is 0 Å². The Balaban J connectivity index is 2.24. The molecule has 6 nitrogen and oxygen atoms in total. The van der Waals surface area contributed by atoms with Gasteiger partial charge in [0.25, 0.3) is 5.82 Å². The molecule has 86 valence electrons. The van der Waals surface area contributed by atoms with Gasteiger partial charge in [0, 0.05) is 11.6 Å². The van der Waals surface area contributed by atoms with Crippen LogP contribution in [0.15, 0.2) is 12.3 Å². The zero-order valence-corrected chi connectivity index (χ0v) is 9.10. The van der Waals surface area contributed by atoms with Crippen LogP contribution in [0.2, 0.25) is 0 Å². The van der Waals surface area contributed by atoms with Crippen LogP contribution < -0.4 is 9.88 Å². The first-order valence-electron chi connectivity index (χ1n) is 5.18. The third-order valence-electron chi connectivity index (χ3n) is 2.63. The number of morpholine rings is 1. The molecule has 1 aliphatic heterocycles. The molecule has 1 saturated heterocycles. The van der Waals surface area contributed by atoms with Gasteiger partial charge in [0.05, 0.1) is 18.1 Å². The Bertz CT molecular complexity index is 402. The minimum Gasteiger partial charge on any atom is -0.373 e. The van der Waals surface area contributed by atoms with Gasteiger partial charge in [0.15, 0.2) is 6.20 Å². The number of hydrogen-bond acceptors (Lipinski definition) is 4. The van der Waals surface area contributed by atoms with Crippen molar-refractivity contribution in [3.8, 4) is 0 Å². The SMILES string of the molecule is Cc1cc([N+](=O)[O-])c[nH+]c1N1CCOCC1. The number of H-pyrrole nitrogens is 1. The van der Waals surface area contributed by atoms with Gasteiger partial charge >= 0.3 is 5.69 Å². The summed E-state index contributed by atoms with van der Waals surface area (Å²) in [4.78, 5) is 15.3. The highest BCUT2D eigenvalue weighted by Crippen LogP contribution is 2.18. The maximum absolute atomic E-state index is 10.6. The van der Waals surface area contributed by atoms with Crippen molar-refractivity contribution in [1.82, 2.24) is 0 Å². The highest BCUT2D eigenvalue weighted by molar-refractivity contribution is 5.45. The number of nitrogens with zero attached hydrogens (tertiary/aromatic N) is 2. The lowest BCUT2D eigenvalue weighted by Gasteiger charge is -2.22. The molecule has 0 spiro atoms. The van der Waals surface area contributed by atoms with Crippen LogP contribution >= 0.6 is 0 Å². The molecule has 1 aliphatic rings. The molecule has 0 bridgehead atoms. The monoisotopic (exact) mass is 224 g/mol. The first-order chi connectivity index (χ1) is 7.68. The molecule has 1 fully saturated rings. The average molecular weight is 224 g/mol. The van der Waals surface area contributed by atoms with Crippen molar-refractivity contribution in [3.05, 3.63) is 27.9 Å². The third-order valence-corrected chi connectivity index (χ3v) is 2.63. The lowest BCUT2D eigenvalue weighted by Crippen LogP contribution is -2.39. The van der Waals surface area contributed by atoms with Gasteiger partial charge in [0.2, 0.25) is 0 Å². The Kier molecular flexibility index (Phi) is 3.00. The quantitative estimate of drug-likeness (QED) is 0.543. The van der Waals surface area contributed by atoms with Crippen molar-refractivity contribution in [2.24, 2.45) is 0 Å². The maximum atomic E-state index is 10.6. The predicted octanol–water partition coefficient (Wildman–Crippen LogP) is 0.554. The van der Waals surface area contributed by atoms with Gasteiger partial charge in [-0.15, -0.1) is 0 Å². The Hall–Kier alpha value is -1.69. The number of nitro groups is 1. The summed E-state index contributed by atoms with van der Waals surface area (Å²) in [6, 6.07) is 1.58. The molecule has 2 rings (SSSR count). The van der Waals surface area contributed by atoms with Crippen molar-refractivity contribution in [2.75, 3.05) is 31.2 Å². The second kappa shape index (κ2) is 4.44. The summed E-state index contributed by atoms with van der Waals surface area (Å²) in [6.07, 6.45) is 1.43. The molecular weight excluding hydrogens is 210 g/mol. The van der Waals surface area contributed by atoms with Gasteiger partial charge in [-0.05, 0) is 6.92 Å². The summed E-state index contributed by atoms with van der Waals surface area (Å²) in [6.45, 7) is 4.90. The number of rotatable bonds is 2. The lowest BCUT2D eigenvalue weighted by molar-refractivity contribution is -0.414. The lowest BCUT2D eigenvalue weighted by atomic mass is 10.2. The van der Waals surface area contributed by atoms with Crippen LogP contribution in [0, 0.1) is 17.0 Å². The molecule has 2 heterocycles. The Morgan fingerprint density at radius 1 is 1.50 bits per heavy atom. The van der Waals surface area contributed by atoms with E-state index in [1.165, 1.54) is 6.20 Å². The minimum atomic E-state index is -0.396. The number of nitrogens with one attached hydrogen (secondary N) is 1. The van der Waals surface area contributed by atoms with Gasteiger partial charge < -0.3 is 4.74 Å². The summed E-state index contributed by atoms with van der Waals surface area (Å²) in [5.74, 6) is 0.939. The first kappa shape index (κ1) is 10.8. The molecule has 1 aromatic rings. The van der Waals surface area contributed by atoms with E-state index in [-0.39, 0.29) is 5.69 Å². The zero-order chi connectivity index (χ0) is 11.5. The fourth-order valence-corrected chi connectivity index (χ4v) is 1.82. The minimum absolute atomic E-state index is 0.0921. The number of hydrogen-bond donors (Lipinski definition) is 0. The summed E-state index contributed by atoms with van der Waals surface area (Å²) >= 11 is 0. The summed E-state index contributed by atoms with van der Waals surface area (Å²) in [5.41, 5.74) is 0.977. The average Bonchev–Trinajstić information content (AvgIpc) is 2.30. The van der Waals surface area contributed by atoms with Crippen molar-refractivity contribution in [3.63, 3.8) is 0 Å². The molecule has 0 aromatic carbocycles. The van der Waals surface area contributed by atoms with E-state index in [4.69, 9.17) is 4.74 Å². The second-order valence-electron chi connectivity index (χ2n) is 3.75. The molecule has 0 radical (unpaired) electrons. The van der Waals surface area contributed by atoms with Crippen molar-refractivity contribution in [2.45, 2.75) is 6.92 Å². The van der Waals surface area contributed by atoms with Crippen LogP contribution in [0.4, 0.5) is 11.5 Å². The molecule has 1 N–H and O–H groups in total. The summed E-state index contributed by atoms with van der Waals surface area (Å²) in [5, 5.41) is 10.6. The highest BCUT2D eigenvalue weighted by Gasteiger charge is 2.23. The van der Waals surface area contributed by atoms with Crippen molar-refractivity contribution >= 4 is 11.5 Å². The van der Waals surface area contributed by atoms with Crippen LogP contribution in [0.3, 0.4) is 0 Å². The Morgan fingerprint density at radius 2 is 2.19 bits per heavy atom. The molecule has 0 unspecified atom stereocenters. The molecule has 0 saturated carbocycles. The number of ether oxygens (including phenoxy) is 1. The van der Waals surface area contributed by atoms with E-state index in [1.807, 2.05) is 6.92 Å². The fraction of sp³-hybridized carbons (Fsp3) is 0.500. The normalized spacial score (nSPS) is 16.2. The number of aromatic nitrogens is 1. The molecule has 0 atom stereocenters. The molecule has 0 aliphatic carbocycles. The van der Waals surface area contributed by atoms with Crippen molar-refractivity contribution in [1.29, 1.82) is 0 Å². The van der Waals surface area contributed by atoms with Gasteiger partial charge in [0.1, 0.15) is 13.1 Å². The van der Waals surface area contributed by atoms with Crippen LogP contribution in [-0.4, -0.2) is 31.2 Å². The maximum Gasteiger partial charge on any atom is 0.308 e.